The molecule has 1 aliphatic rings. The van der Waals surface area contributed by atoms with Gasteiger partial charge in [-0.05, 0) is 0 Å². The molecule has 2 aromatic heterocycles. The molecule has 21 heavy (non-hydrogen) atoms. The number of aromatic nitrogens is 4. The van der Waals surface area contributed by atoms with E-state index in [-0.39, 0.29) is 5.95 Å². The molecule has 116 valence electrons. The molecule has 0 bridgehead atoms. The van der Waals surface area contributed by atoms with E-state index in [1.54, 1.807) is 0 Å². The third kappa shape index (κ3) is 3.17. The van der Waals surface area contributed by atoms with Crippen LogP contribution in [0.4, 0.5) is 11.8 Å². The molecule has 11 heteroatoms. The van der Waals surface area contributed by atoms with Gasteiger partial charge in [0.2, 0.25) is 5.95 Å². The van der Waals surface area contributed by atoms with Gasteiger partial charge in [0.25, 0.3) is 0 Å². The SMILES string of the molecule is Nc1nc(N)c2[nH]cnc2n1.[O-]C1O[C@H](CO)[C@@H](O)[C@H]1O. The minimum Gasteiger partial charge on any atom is -0.829 e. The van der Waals surface area contributed by atoms with Gasteiger partial charge < -0.3 is 41.6 Å². The average molecular weight is 299 g/mol. The number of H-pyrrole nitrogens is 1. The molecule has 1 saturated heterocycles. The lowest BCUT2D eigenvalue weighted by Gasteiger charge is -2.18. The Labute approximate surface area is 118 Å². The summed E-state index contributed by atoms with van der Waals surface area (Å²) in [6.07, 6.45) is -3.75. The van der Waals surface area contributed by atoms with Crippen LogP contribution in [-0.2, 0) is 4.74 Å². The standard InChI is InChI=1S/C5H6N6.C5H9O5/c6-3-2-4(9-1-8-2)11-5(7)10-3;6-1-2-3(7)4(8)5(9)10-2/h1H,(H5,6,7,8,9,10,11);2-8H,1H2/q;-1/t;2-,3-,4-,5?/m.1/s1. The smallest absolute Gasteiger partial charge is 0.224 e. The summed E-state index contributed by atoms with van der Waals surface area (Å²) >= 11 is 0. The van der Waals surface area contributed by atoms with Crippen LogP contribution < -0.4 is 16.6 Å². The van der Waals surface area contributed by atoms with Gasteiger partial charge in [0.1, 0.15) is 17.7 Å². The minimum absolute atomic E-state index is 0.141. The zero-order chi connectivity index (χ0) is 15.6. The Bertz CT molecular complexity index is 607. The number of anilines is 2. The van der Waals surface area contributed by atoms with Crippen LogP contribution in [-0.4, -0.2) is 66.5 Å². The number of imidazole rings is 1. The van der Waals surface area contributed by atoms with Crippen molar-refractivity contribution >= 4 is 22.9 Å². The summed E-state index contributed by atoms with van der Waals surface area (Å²) in [6, 6.07) is 0. The average Bonchev–Trinajstić information content (AvgIpc) is 3.00. The van der Waals surface area contributed by atoms with E-state index in [2.05, 4.69) is 24.7 Å². The number of nitrogens with two attached hydrogens (primary N) is 2. The predicted molar refractivity (Wildman–Crippen MR) is 68.3 cm³/mol. The van der Waals surface area contributed by atoms with Crippen molar-refractivity contribution in [2.75, 3.05) is 18.1 Å². The highest BCUT2D eigenvalue weighted by molar-refractivity contribution is 5.81. The fourth-order valence-electron chi connectivity index (χ4n) is 1.74. The summed E-state index contributed by atoms with van der Waals surface area (Å²) < 4.78 is 4.43. The topological polar surface area (TPSA) is 199 Å². The maximum atomic E-state index is 10.5. The van der Waals surface area contributed by atoms with Gasteiger partial charge >= 0.3 is 0 Å². The van der Waals surface area contributed by atoms with Crippen molar-refractivity contribution in [1.82, 2.24) is 19.9 Å². The number of aliphatic hydroxyl groups excluding tert-OH is 3. The van der Waals surface area contributed by atoms with Gasteiger partial charge in [0.15, 0.2) is 11.5 Å². The predicted octanol–water partition coefficient (Wildman–Crippen LogP) is -3.70. The number of hydrogen-bond acceptors (Lipinski definition) is 10. The first kappa shape index (κ1) is 15.3. The first-order valence-corrected chi connectivity index (χ1v) is 5.94. The Morgan fingerprint density at radius 3 is 2.52 bits per heavy atom. The summed E-state index contributed by atoms with van der Waals surface area (Å²) in [5.74, 6) is 0.465. The maximum Gasteiger partial charge on any atom is 0.224 e. The number of hydrogen-bond donors (Lipinski definition) is 6. The molecule has 0 aliphatic carbocycles. The highest BCUT2D eigenvalue weighted by Crippen LogP contribution is 2.16. The van der Waals surface area contributed by atoms with Crippen LogP contribution in [0.5, 0.6) is 0 Å². The van der Waals surface area contributed by atoms with Crippen molar-refractivity contribution in [3.05, 3.63) is 6.33 Å². The number of ether oxygens (including phenoxy) is 1. The van der Waals surface area contributed by atoms with Crippen molar-refractivity contribution in [3.8, 4) is 0 Å². The highest BCUT2D eigenvalue weighted by Gasteiger charge is 2.36. The van der Waals surface area contributed by atoms with Crippen LogP contribution in [0.25, 0.3) is 11.2 Å². The maximum absolute atomic E-state index is 10.5. The lowest BCUT2D eigenvalue weighted by atomic mass is 10.1. The van der Waals surface area contributed by atoms with Crippen molar-refractivity contribution in [3.63, 3.8) is 0 Å². The summed E-state index contributed by atoms with van der Waals surface area (Å²) in [5.41, 5.74) is 11.9. The molecule has 0 radical (unpaired) electrons. The zero-order valence-corrected chi connectivity index (χ0v) is 10.7. The number of fused-ring (bicyclic) bond motifs is 1. The first-order chi connectivity index (χ1) is 9.93. The van der Waals surface area contributed by atoms with E-state index in [9.17, 15) is 5.11 Å². The van der Waals surface area contributed by atoms with E-state index in [1.165, 1.54) is 6.33 Å². The molecule has 0 amide bonds. The molecule has 8 N–H and O–H groups in total. The number of nitrogens with one attached hydrogen (secondary N) is 1. The Balaban J connectivity index is 0.000000155. The number of nitrogens with zero attached hydrogens (tertiary/aromatic N) is 3. The Morgan fingerprint density at radius 2 is 2.00 bits per heavy atom. The zero-order valence-electron chi connectivity index (χ0n) is 10.7. The van der Waals surface area contributed by atoms with Gasteiger partial charge in [-0.1, -0.05) is 0 Å². The van der Waals surface area contributed by atoms with Crippen molar-refractivity contribution < 1.29 is 25.2 Å². The van der Waals surface area contributed by atoms with Gasteiger partial charge in [-0.25, -0.2) is 4.98 Å². The second kappa shape index (κ2) is 6.15. The van der Waals surface area contributed by atoms with Crippen LogP contribution in [0.2, 0.25) is 0 Å². The van der Waals surface area contributed by atoms with Crippen LogP contribution >= 0.6 is 0 Å². The number of aromatic amines is 1. The minimum atomic E-state index is -1.63. The molecule has 11 nitrogen and oxygen atoms in total. The van der Waals surface area contributed by atoms with E-state index in [0.29, 0.717) is 17.0 Å². The molecule has 1 aliphatic heterocycles. The van der Waals surface area contributed by atoms with Crippen LogP contribution in [0.3, 0.4) is 0 Å². The summed E-state index contributed by atoms with van der Waals surface area (Å²) in [5, 5.41) is 36.6. The molecule has 2 aromatic rings. The number of aliphatic hydroxyl groups is 3. The summed E-state index contributed by atoms with van der Waals surface area (Å²) in [7, 11) is 0. The number of nitrogen functional groups attached to an aromatic ring is 2. The molecule has 4 atom stereocenters. The molecular formula is C10H15N6O5-. The monoisotopic (exact) mass is 299 g/mol. The fourth-order valence-corrected chi connectivity index (χ4v) is 1.74. The summed E-state index contributed by atoms with van der Waals surface area (Å²) in [4.78, 5) is 14.3. The molecule has 1 unspecified atom stereocenters. The van der Waals surface area contributed by atoms with E-state index in [0.717, 1.165) is 0 Å². The third-order valence-corrected chi connectivity index (χ3v) is 2.83. The Kier molecular flexibility index (Phi) is 4.50. The van der Waals surface area contributed by atoms with Crippen molar-refractivity contribution in [2.45, 2.75) is 24.6 Å². The van der Waals surface area contributed by atoms with Crippen LogP contribution in [0.1, 0.15) is 0 Å². The van der Waals surface area contributed by atoms with Crippen LogP contribution in [0, 0.1) is 0 Å². The quantitative estimate of drug-likeness (QED) is 0.304. The second-order valence-corrected chi connectivity index (χ2v) is 4.27. The van der Waals surface area contributed by atoms with E-state index >= 15 is 0 Å². The Hall–Kier alpha value is -2.05. The molecule has 0 spiro atoms. The molecular weight excluding hydrogens is 284 g/mol. The molecule has 1 fully saturated rings. The molecule has 3 rings (SSSR count). The van der Waals surface area contributed by atoms with E-state index < -0.39 is 31.2 Å². The van der Waals surface area contributed by atoms with Gasteiger partial charge in [0.05, 0.1) is 19.0 Å². The number of rotatable bonds is 1. The van der Waals surface area contributed by atoms with Gasteiger partial charge in [-0.3, -0.25) is 0 Å². The fraction of sp³-hybridized carbons (Fsp3) is 0.500. The molecule has 0 aromatic carbocycles. The van der Waals surface area contributed by atoms with E-state index in [1.807, 2.05) is 0 Å². The molecule has 3 heterocycles. The first-order valence-electron chi connectivity index (χ1n) is 5.94. The largest absolute Gasteiger partial charge is 0.829 e. The van der Waals surface area contributed by atoms with Gasteiger partial charge in [-0.15, -0.1) is 0 Å². The second-order valence-electron chi connectivity index (χ2n) is 4.27. The lowest BCUT2D eigenvalue weighted by Crippen LogP contribution is -2.39. The van der Waals surface area contributed by atoms with Gasteiger partial charge in [0, 0.05) is 6.29 Å². The van der Waals surface area contributed by atoms with Crippen LogP contribution in [0.15, 0.2) is 6.33 Å². The summed E-state index contributed by atoms with van der Waals surface area (Å²) in [6.45, 7) is -0.447. The molecule has 0 saturated carbocycles. The lowest BCUT2D eigenvalue weighted by molar-refractivity contribution is -0.498. The van der Waals surface area contributed by atoms with Crippen molar-refractivity contribution in [2.24, 2.45) is 0 Å². The van der Waals surface area contributed by atoms with E-state index in [4.69, 9.17) is 26.8 Å². The van der Waals surface area contributed by atoms with Crippen molar-refractivity contribution in [1.29, 1.82) is 0 Å². The highest BCUT2D eigenvalue weighted by atomic mass is 16.6. The van der Waals surface area contributed by atoms with Gasteiger partial charge in [-0.2, -0.15) is 9.97 Å². The Morgan fingerprint density at radius 1 is 1.29 bits per heavy atom. The third-order valence-electron chi connectivity index (χ3n) is 2.83. The normalized spacial score (nSPS) is 28.4.